The zero-order chi connectivity index (χ0) is 10.6. The standard InChI is InChI=1S/C10H12Cl2O2/c1-7-4-8(12)2-3-10(7)14-6-9(13)5-11/h2-4,9,13H,5-6H2,1H3. The number of hydrogen-bond acceptors (Lipinski definition) is 2. The molecule has 0 amide bonds. The quantitative estimate of drug-likeness (QED) is 0.813. The molecule has 0 fully saturated rings. The molecule has 0 aliphatic carbocycles. The zero-order valence-electron chi connectivity index (χ0n) is 7.84. The van der Waals surface area contributed by atoms with Crippen LogP contribution in [0.25, 0.3) is 0 Å². The highest BCUT2D eigenvalue weighted by Gasteiger charge is 2.05. The Balaban J connectivity index is 2.59. The molecule has 4 heteroatoms. The molecule has 2 nitrogen and oxygen atoms in total. The van der Waals surface area contributed by atoms with Crippen LogP contribution in [0.4, 0.5) is 0 Å². The minimum atomic E-state index is -0.633. The van der Waals surface area contributed by atoms with E-state index in [4.69, 9.17) is 27.9 Å². The maximum absolute atomic E-state index is 9.18. The summed E-state index contributed by atoms with van der Waals surface area (Å²) in [4.78, 5) is 0. The molecule has 1 aromatic rings. The third-order valence-electron chi connectivity index (χ3n) is 1.75. The molecule has 0 saturated heterocycles. The highest BCUT2D eigenvalue weighted by atomic mass is 35.5. The van der Waals surface area contributed by atoms with E-state index < -0.39 is 6.10 Å². The summed E-state index contributed by atoms with van der Waals surface area (Å²) >= 11 is 11.2. The first-order chi connectivity index (χ1) is 6.63. The molecule has 0 radical (unpaired) electrons. The molecule has 1 aromatic carbocycles. The number of rotatable bonds is 4. The summed E-state index contributed by atoms with van der Waals surface area (Å²) in [6.07, 6.45) is -0.633. The predicted octanol–water partition coefficient (Wildman–Crippen LogP) is 2.63. The number of aliphatic hydroxyl groups is 1. The van der Waals surface area contributed by atoms with E-state index in [1.54, 1.807) is 12.1 Å². The van der Waals surface area contributed by atoms with Crippen molar-refractivity contribution in [3.05, 3.63) is 28.8 Å². The number of hydrogen-bond donors (Lipinski definition) is 1. The van der Waals surface area contributed by atoms with E-state index in [0.717, 1.165) is 11.3 Å². The molecule has 0 aromatic heterocycles. The molecule has 0 aliphatic heterocycles. The third-order valence-corrected chi connectivity index (χ3v) is 2.34. The Morgan fingerprint density at radius 2 is 2.21 bits per heavy atom. The molecule has 0 saturated carbocycles. The Labute approximate surface area is 93.4 Å². The monoisotopic (exact) mass is 234 g/mol. The van der Waals surface area contributed by atoms with Crippen molar-refractivity contribution in [1.29, 1.82) is 0 Å². The number of ether oxygens (including phenoxy) is 1. The van der Waals surface area contributed by atoms with Crippen molar-refractivity contribution in [2.45, 2.75) is 13.0 Å². The molecular weight excluding hydrogens is 223 g/mol. The van der Waals surface area contributed by atoms with Crippen LogP contribution in [-0.2, 0) is 0 Å². The van der Waals surface area contributed by atoms with Crippen LogP contribution in [0.1, 0.15) is 5.56 Å². The minimum absolute atomic E-state index is 0.173. The molecule has 0 heterocycles. The van der Waals surface area contributed by atoms with Gasteiger partial charge in [0.1, 0.15) is 18.5 Å². The van der Waals surface area contributed by atoms with Gasteiger partial charge < -0.3 is 9.84 Å². The van der Waals surface area contributed by atoms with Gasteiger partial charge in [-0.15, -0.1) is 11.6 Å². The van der Waals surface area contributed by atoms with Gasteiger partial charge in [0.05, 0.1) is 5.88 Å². The van der Waals surface area contributed by atoms with E-state index in [-0.39, 0.29) is 12.5 Å². The summed E-state index contributed by atoms with van der Waals surface area (Å²) in [6.45, 7) is 2.10. The fraction of sp³-hybridized carbons (Fsp3) is 0.400. The van der Waals surface area contributed by atoms with E-state index in [9.17, 15) is 5.11 Å². The highest BCUT2D eigenvalue weighted by molar-refractivity contribution is 6.30. The first-order valence-electron chi connectivity index (χ1n) is 4.26. The smallest absolute Gasteiger partial charge is 0.122 e. The van der Waals surface area contributed by atoms with Gasteiger partial charge in [0.15, 0.2) is 0 Å². The maximum atomic E-state index is 9.18. The molecule has 1 atom stereocenters. The van der Waals surface area contributed by atoms with Crippen LogP contribution in [0.5, 0.6) is 5.75 Å². The summed E-state index contributed by atoms with van der Waals surface area (Å²) in [5.41, 5.74) is 0.944. The molecule has 0 spiro atoms. The summed E-state index contributed by atoms with van der Waals surface area (Å²) in [6, 6.07) is 5.33. The molecule has 1 unspecified atom stereocenters. The van der Waals surface area contributed by atoms with Gasteiger partial charge in [0.25, 0.3) is 0 Å². The minimum Gasteiger partial charge on any atom is -0.491 e. The van der Waals surface area contributed by atoms with Crippen LogP contribution in [0.3, 0.4) is 0 Å². The molecule has 1 rings (SSSR count). The molecular formula is C10H12Cl2O2. The van der Waals surface area contributed by atoms with Crippen molar-refractivity contribution in [3.63, 3.8) is 0 Å². The SMILES string of the molecule is Cc1cc(Cl)ccc1OCC(O)CCl. The second kappa shape index (κ2) is 5.44. The van der Waals surface area contributed by atoms with Gasteiger partial charge in [-0.25, -0.2) is 0 Å². The van der Waals surface area contributed by atoms with Crippen molar-refractivity contribution in [1.82, 2.24) is 0 Å². The molecule has 1 N–H and O–H groups in total. The van der Waals surface area contributed by atoms with Gasteiger partial charge in [-0.1, -0.05) is 11.6 Å². The number of aryl methyl sites for hydroxylation is 1. The van der Waals surface area contributed by atoms with Crippen LogP contribution in [-0.4, -0.2) is 23.7 Å². The number of aliphatic hydroxyl groups excluding tert-OH is 1. The lowest BCUT2D eigenvalue weighted by Gasteiger charge is -2.11. The molecule has 0 aliphatic rings. The van der Waals surface area contributed by atoms with Crippen LogP contribution in [0.15, 0.2) is 18.2 Å². The van der Waals surface area contributed by atoms with Crippen LogP contribution >= 0.6 is 23.2 Å². The summed E-state index contributed by atoms with van der Waals surface area (Å²) in [5.74, 6) is 0.894. The first kappa shape index (κ1) is 11.6. The van der Waals surface area contributed by atoms with Gasteiger partial charge in [-0.2, -0.15) is 0 Å². The van der Waals surface area contributed by atoms with Crippen molar-refractivity contribution in [2.75, 3.05) is 12.5 Å². The van der Waals surface area contributed by atoms with Crippen molar-refractivity contribution < 1.29 is 9.84 Å². The predicted molar refractivity (Wildman–Crippen MR) is 58.4 cm³/mol. The fourth-order valence-electron chi connectivity index (χ4n) is 1.01. The second-order valence-electron chi connectivity index (χ2n) is 3.03. The van der Waals surface area contributed by atoms with Crippen LogP contribution in [0.2, 0.25) is 5.02 Å². The van der Waals surface area contributed by atoms with Gasteiger partial charge in [0, 0.05) is 5.02 Å². The lowest BCUT2D eigenvalue weighted by Crippen LogP contribution is -2.19. The molecule has 0 bridgehead atoms. The lowest BCUT2D eigenvalue weighted by molar-refractivity contribution is 0.125. The third kappa shape index (κ3) is 3.37. The van der Waals surface area contributed by atoms with E-state index in [2.05, 4.69) is 0 Å². The van der Waals surface area contributed by atoms with Gasteiger partial charge in [0.2, 0.25) is 0 Å². The average Bonchev–Trinajstić information content (AvgIpc) is 2.16. The van der Waals surface area contributed by atoms with Crippen molar-refractivity contribution in [3.8, 4) is 5.75 Å². The lowest BCUT2D eigenvalue weighted by atomic mass is 10.2. The Hall–Kier alpha value is -0.440. The summed E-state index contributed by atoms with van der Waals surface area (Å²) in [5, 5.41) is 9.86. The molecule has 78 valence electrons. The van der Waals surface area contributed by atoms with Crippen LogP contribution < -0.4 is 4.74 Å². The summed E-state index contributed by atoms with van der Waals surface area (Å²) in [7, 11) is 0. The Morgan fingerprint density at radius 1 is 1.50 bits per heavy atom. The highest BCUT2D eigenvalue weighted by Crippen LogP contribution is 2.21. The summed E-state index contributed by atoms with van der Waals surface area (Å²) < 4.78 is 5.35. The largest absolute Gasteiger partial charge is 0.491 e. The number of benzene rings is 1. The topological polar surface area (TPSA) is 29.5 Å². The second-order valence-corrected chi connectivity index (χ2v) is 3.77. The van der Waals surface area contributed by atoms with E-state index in [1.807, 2.05) is 13.0 Å². The van der Waals surface area contributed by atoms with Gasteiger partial charge in [-0.3, -0.25) is 0 Å². The van der Waals surface area contributed by atoms with Gasteiger partial charge in [-0.05, 0) is 30.7 Å². The Bertz CT molecular complexity index is 302. The van der Waals surface area contributed by atoms with Crippen molar-refractivity contribution in [2.24, 2.45) is 0 Å². The zero-order valence-corrected chi connectivity index (χ0v) is 9.35. The normalized spacial score (nSPS) is 12.6. The van der Waals surface area contributed by atoms with E-state index >= 15 is 0 Å². The van der Waals surface area contributed by atoms with E-state index in [0.29, 0.717) is 5.02 Å². The number of halogens is 2. The van der Waals surface area contributed by atoms with E-state index in [1.165, 1.54) is 0 Å². The van der Waals surface area contributed by atoms with Gasteiger partial charge >= 0.3 is 0 Å². The number of alkyl halides is 1. The average molecular weight is 235 g/mol. The first-order valence-corrected chi connectivity index (χ1v) is 5.17. The van der Waals surface area contributed by atoms with Crippen LogP contribution in [0, 0.1) is 6.92 Å². The Kier molecular flexibility index (Phi) is 4.52. The Morgan fingerprint density at radius 3 is 2.79 bits per heavy atom. The van der Waals surface area contributed by atoms with Crippen molar-refractivity contribution >= 4 is 23.2 Å². The fourth-order valence-corrected chi connectivity index (χ4v) is 1.32. The maximum Gasteiger partial charge on any atom is 0.122 e. The molecule has 14 heavy (non-hydrogen) atoms.